The average molecular weight is 179 g/mol. The molecule has 1 rings (SSSR count). The number of amides is 1. The third-order valence-electron chi connectivity index (χ3n) is 1.61. The van der Waals surface area contributed by atoms with Crippen molar-refractivity contribution in [2.45, 2.75) is 13.8 Å². The van der Waals surface area contributed by atoms with Crippen LogP contribution >= 0.6 is 0 Å². The maximum Gasteiger partial charge on any atom is 0.221 e. The Morgan fingerprint density at radius 1 is 1.38 bits per heavy atom. The maximum atomic E-state index is 10.8. The second-order valence-corrected chi connectivity index (χ2v) is 2.92. The number of methoxy groups -OCH3 is 1. The lowest BCUT2D eigenvalue weighted by Gasteiger charge is -2.06. The van der Waals surface area contributed by atoms with Crippen molar-refractivity contribution in [3.8, 4) is 5.75 Å². The fourth-order valence-corrected chi connectivity index (χ4v) is 1.14. The molecule has 0 bridgehead atoms. The smallest absolute Gasteiger partial charge is 0.221 e. The molecule has 0 aliphatic carbocycles. The highest BCUT2D eigenvalue weighted by atomic mass is 16.5. The van der Waals surface area contributed by atoms with Crippen molar-refractivity contribution in [2.75, 3.05) is 12.4 Å². The van der Waals surface area contributed by atoms with Gasteiger partial charge in [-0.05, 0) is 24.6 Å². The van der Waals surface area contributed by atoms with Crippen molar-refractivity contribution in [1.29, 1.82) is 0 Å². The lowest BCUT2D eigenvalue weighted by Crippen LogP contribution is -2.05. The van der Waals surface area contributed by atoms with Crippen LogP contribution in [-0.2, 0) is 4.79 Å². The molecule has 0 saturated heterocycles. The molecule has 0 fully saturated rings. The SMILES string of the molecule is COc1cc(C)cc(NC(C)=O)c1. The first-order valence-electron chi connectivity index (χ1n) is 4.05. The molecule has 0 aromatic heterocycles. The number of hydrogen-bond acceptors (Lipinski definition) is 2. The van der Waals surface area contributed by atoms with E-state index < -0.39 is 0 Å². The summed E-state index contributed by atoms with van der Waals surface area (Å²) >= 11 is 0. The molecule has 0 atom stereocenters. The lowest BCUT2D eigenvalue weighted by atomic mass is 10.2. The molecule has 70 valence electrons. The van der Waals surface area contributed by atoms with Crippen LogP contribution in [0.25, 0.3) is 0 Å². The number of hydrogen-bond donors (Lipinski definition) is 1. The van der Waals surface area contributed by atoms with Crippen molar-refractivity contribution in [3.63, 3.8) is 0 Å². The van der Waals surface area contributed by atoms with Gasteiger partial charge in [0.2, 0.25) is 5.91 Å². The summed E-state index contributed by atoms with van der Waals surface area (Å²) in [6.45, 7) is 3.43. The third-order valence-corrected chi connectivity index (χ3v) is 1.61. The number of anilines is 1. The zero-order chi connectivity index (χ0) is 9.84. The molecule has 3 heteroatoms. The Labute approximate surface area is 77.7 Å². The Bertz CT molecular complexity index is 321. The van der Waals surface area contributed by atoms with Gasteiger partial charge in [0, 0.05) is 18.7 Å². The quantitative estimate of drug-likeness (QED) is 0.753. The molecule has 1 aromatic carbocycles. The van der Waals surface area contributed by atoms with Gasteiger partial charge < -0.3 is 10.1 Å². The number of aryl methyl sites for hydroxylation is 1. The monoisotopic (exact) mass is 179 g/mol. The minimum absolute atomic E-state index is 0.0762. The van der Waals surface area contributed by atoms with Gasteiger partial charge in [-0.1, -0.05) is 0 Å². The Kier molecular flexibility index (Phi) is 2.90. The van der Waals surface area contributed by atoms with Crippen molar-refractivity contribution >= 4 is 11.6 Å². The van der Waals surface area contributed by atoms with Crippen molar-refractivity contribution in [1.82, 2.24) is 0 Å². The van der Waals surface area contributed by atoms with Crippen LogP contribution in [0.4, 0.5) is 5.69 Å². The summed E-state index contributed by atoms with van der Waals surface area (Å²) in [4.78, 5) is 10.8. The van der Waals surface area contributed by atoms with E-state index in [9.17, 15) is 4.79 Å². The van der Waals surface area contributed by atoms with E-state index in [1.807, 2.05) is 19.1 Å². The fourth-order valence-electron chi connectivity index (χ4n) is 1.14. The van der Waals surface area contributed by atoms with E-state index in [0.717, 1.165) is 17.0 Å². The molecule has 0 aliphatic heterocycles. The van der Waals surface area contributed by atoms with Gasteiger partial charge >= 0.3 is 0 Å². The summed E-state index contributed by atoms with van der Waals surface area (Å²) in [6.07, 6.45) is 0. The van der Waals surface area contributed by atoms with Crippen molar-refractivity contribution < 1.29 is 9.53 Å². The number of rotatable bonds is 2. The Morgan fingerprint density at radius 3 is 2.62 bits per heavy atom. The van der Waals surface area contributed by atoms with Crippen LogP contribution < -0.4 is 10.1 Å². The molecule has 13 heavy (non-hydrogen) atoms. The predicted molar refractivity (Wildman–Crippen MR) is 52.0 cm³/mol. The van der Waals surface area contributed by atoms with E-state index in [1.54, 1.807) is 13.2 Å². The highest BCUT2D eigenvalue weighted by molar-refractivity contribution is 5.88. The second-order valence-electron chi connectivity index (χ2n) is 2.92. The van der Waals surface area contributed by atoms with Crippen LogP contribution in [0.5, 0.6) is 5.75 Å². The van der Waals surface area contributed by atoms with Gasteiger partial charge in [0.15, 0.2) is 0 Å². The van der Waals surface area contributed by atoms with Crippen LogP contribution in [0.1, 0.15) is 12.5 Å². The summed E-state index contributed by atoms with van der Waals surface area (Å²) in [7, 11) is 1.60. The zero-order valence-electron chi connectivity index (χ0n) is 8.05. The van der Waals surface area contributed by atoms with E-state index in [2.05, 4.69) is 5.32 Å². The van der Waals surface area contributed by atoms with E-state index >= 15 is 0 Å². The summed E-state index contributed by atoms with van der Waals surface area (Å²) in [5.41, 5.74) is 1.83. The minimum atomic E-state index is -0.0762. The molecule has 0 heterocycles. The normalized spacial score (nSPS) is 9.46. The van der Waals surface area contributed by atoms with Crippen LogP contribution in [0.15, 0.2) is 18.2 Å². The topological polar surface area (TPSA) is 38.3 Å². The van der Waals surface area contributed by atoms with Crippen molar-refractivity contribution in [3.05, 3.63) is 23.8 Å². The number of benzene rings is 1. The highest BCUT2D eigenvalue weighted by Gasteiger charge is 1.99. The average Bonchev–Trinajstić information content (AvgIpc) is 2.01. The first kappa shape index (κ1) is 9.58. The Hall–Kier alpha value is -1.51. The number of carbonyl (C=O) groups is 1. The molecule has 3 nitrogen and oxygen atoms in total. The standard InChI is InChI=1S/C10H13NO2/c1-7-4-9(11-8(2)12)6-10(5-7)13-3/h4-6H,1-3H3,(H,11,12). The van der Waals surface area contributed by atoms with Crippen LogP contribution in [-0.4, -0.2) is 13.0 Å². The van der Waals surface area contributed by atoms with Crippen molar-refractivity contribution in [2.24, 2.45) is 0 Å². The van der Waals surface area contributed by atoms with Gasteiger partial charge in [-0.25, -0.2) is 0 Å². The van der Waals surface area contributed by atoms with E-state index in [-0.39, 0.29) is 5.91 Å². The minimum Gasteiger partial charge on any atom is -0.497 e. The molecule has 1 N–H and O–H groups in total. The van der Waals surface area contributed by atoms with E-state index in [1.165, 1.54) is 6.92 Å². The van der Waals surface area contributed by atoms with Gasteiger partial charge in [0.25, 0.3) is 0 Å². The van der Waals surface area contributed by atoms with Gasteiger partial charge in [0.1, 0.15) is 5.75 Å². The summed E-state index contributed by atoms with van der Waals surface area (Å²) in [6, 6.07) is 5.59. The predicted octanol–water partition coefficient (Wildman–Crippen LogP) is 1.96. The molecule has 0 saturated carbocycles. The zero-order valence-corrected chi connectivity index (χ0v) is 8.05. The van der Waals surface area contributed by atoms with Crippen LogP contribution in [0.3, 0.4) is 0 Å². The molecule has 1 aromatic rings. The molecule has 0 spiro atoms. The Balaban J connectivity index is 2.94. The van der Waals surface area contributed by atoms with E-state index in [4.69, 9.17) is 4.74 Å². The Morgan fingerprint density at radius 2 is 2.08 bits per heavy atom. The van der Waals surface area contributed by atoms with Gasteiger partial charge in [-0.2, -0.15) is 0 Å². The summed E-state index contributed by atoms with van der Waals surface area (Å²) < 4.78 is 5.07. The highest BCUT2D eigenvalue weighted by Crippen LogP contribution is 2.19. The first-order valence-corrected chi connectivity index (χ1v) is 4.05. The molecule has 0 aliphatic rings. The van der Waals surface area contributed by atoms with Gasteiger partial charge in [-0.15, -0.1) is 0 Å². The molecular formula is C10H13NO2. The van der Waals surface area contributed by atoms with Gasteiger partial charge in [0.05, 0.1) is 7.11 Å². The number of nitrogens with one attached hydrogen (secondary N) is 1. The van der Waals surface area contributed by atoms with Crippen LogP contribution in [0.2, 0.25) is 0 Å². The lowest BCUT2D eigenvalue weighted by molar-refractivity contribution is -0.114. The second kappa shape index (κ2) is 3.94. The largest absolute Gasteiger partial charge is 0.497 e. The van der Waals surface area contributed by atoms with E-state index in [0.29, 0.717) is 0 Å². The van der Waals surface area contributed by atoms with Crippen LogP contribution in [0, 0.1) is 6.92 Å². The maximum absolute atomic E-state index is 10.8. The molecular weight excluding hydrogens is 166 g/mol. The molecule has 0 radical (unpaired) electrons. The molecule has 1 amide bonds. The third kappa shape index (κ3) is 2.78. The van der Waals surface area contributed by atoms with Gasteiger partial charge in [-0.3, -0.25) is 4.79 Å². The number of ether oxygens (including phenoxy) is 1. The fraction of sp³-hybridized carbons (Fsp3) is 0.300. The molecule has 0 unspecified atom stereocenters. The summed E-state index contributed by atoms with van der Waals surface area (Å²) in [5, 5.41) is 2.70. The number of carbonyl (C=O) groups excluding carboxylic acids is 1. The first-order chi connectivity index (χ1) is 6.11. The summed E-state index contributed by atoms with van der Waals surface area (Å²) in [5.74, 6) is 0.677.